The first-order valence-corrected chi connectivity index (χ1v) is 11.9. The highest BCUT2D eigenvalue weighted by molar-refractivity contribution is 5.72. The molecule has 0 fully saturated rings. The van der Waals surface area contributed by atoms with Crippen molar-refractivity contribution in [3.8, 4) is 11.5 Å². The minimum atomic E-state index is -0.238. The second-order valence-corrected chi connectivity index (χ2v) is 8.06. The molecule has 0 saturated carbocycles. The van der Waals surface area contributed by atoms with E-state index in [1.165, 1.54) is 7.11 Å². The zero-order chi connectivity index (χ0) is 25.4. The van der Waals surface area contributed by atoms with Crippen LogP contribution in [0.15, 0.2) is 109 Å². The average Bonchev–Trinajstić information content (AvgIpc) is 2.94. The summed E-state index contributed by atoms with van der Waals surface area (Å²) in [6.07, 6.45) is 0.981. The number of esters is 1. The molecule has 0 amide bonds. The molecule has 0 aliphatic rings. The number of rotatable bonds is 10. The number of hydrogen-bond donors (Lipinski definition) is 1. The highest BCUT2D eigenvalue weighted by atomic mass is 16.5. The minimum Gasteiger partial charge on any atom is -0.489 e. The van der Waals surface area contributed by atoms with E-state index in [0.29, 0.717) is 19.6 Å². The number of benzene rings is 4. The van der Waals surface area contributed by atoms with Crippen LogP contribution in [-0.2, 0) is 35.6 Å². The van der Waals surface area contributed by atoms with E-state index in [0.717, 1.165) is 33.8 Å². The summed E-state index contributed by atoms with van der Waals surface area (Å²) in [6, 6.07) is 35.4. The van der Waals surface area contributed by atoms with Gasteiger partial charge in [-0.15, -0.1) is 0 Å². The topological polar surface area (TPSA) is 65.0 Å². The number of carbonyl (C=O) groups excluding carboxylic acids is 1. The zero-order valence-electron chi connectivity index (χ0n) is 20.5. The Labute approximate surface area is 212 Å². The molecule has 186 valence electrons. The van der Waals surface area contributed by atoms with E-state index in [-0.39, 0.29) is 19.0 Å². The maximum absolute atomic E-state index is 11.1. The summed E-state index contributed by atoms with van der Waals surface area (Å²) in [5.41, 5.74) is 4.33. The maximum Gasteiger partial charge on any atom is 0.309 e. The van der Waals surface area contributed by atoms with Crippen molar-refractivity contribution in [1.82, 2.24) is 0 Å². The monoisotopic (exact) mass is 484 g/mol. The lowest BCUT2D eigenvalue weighted by Crippen LogP contribution is -2.04. The summed E-state index contributed by atoms with van der Waals surface area (Å²) in [5, 5.41) is 8.81. The lowest BCUT2D eigenvalue weighted by atomic mass is 10.1. The second kappa shape index (κ2) is 15.0. The molecule has 36 heavy (non-hydrogen) atoms. The lowest BCUT2D eigenvalue weighted by molar-refractivity contribution is -0.139. The van der Waals surface area contributed by atoms with Crippen LogP contribution in [0.2, 0.25) is 0 Å². The Morgan fingerprint density at radius 3 is 1.47 bits per heavy atom. The number of hydrogen-bond acceptors (Lipinski definition) is 5. The van der Waals surface area contributed by atoms with E-state index in [2.05, 4.69) is 4.74 Å². The third-order valence-corrected chi connectivity index (χ3v) is 5.32. The Bertz CT molecular complexity index is 1140. The van der Waals surface area contributed by atoms with Crippen LogP contribution in [-0.4, -0.2) is 24.8 Å². The normalized spacial score (nSPS) is 10.1. The number of ether oxygens (including phenoxy) is 3. The predicted molar refractivity (Wildman–Crippen MR) is 141 cm³/mol. The molecule has 0 aliphatic heterocycles. The zero-order valence-corrected chi connectivity index (χ0v) is 20.5. The summed E-state index contributed by atoms with van der Waals surface area (Å²) in [6.45, 7) is 1.31. The first kappa shape index (κ1) is 26.5. The van der Waals surface area contributed by atoms with Gasteiger partial charge in [0, 0.05) is 6.61 Å². The van der Waals surface area contributed by atoms with Crippen molar-refractivity contribution < 1.29 is 24.1 Å². The molecule has 0 spiro atoms. The minimum absolute atomic E-state index is 0.185. The lowest BCUT2D eigenvalue weighted by Gasteiger charge is -2.07. The van der Waals surface area contributed by atoms with Crippen LogP contribution in [0.3, 0.4) is 0 Å². The molecule has 4 aromatic carbocycles. The molecule has 4 rings (SSSR count). The highest BCUT2D eigenvalue weighted by Gasteiger charge is 2.03. The fraction of sp³-hybridized carbons (Fsp3) is 0.194. The fourth-order valence-electron chi connectivity index (χ4n) is 3.31. The van der Waals surface area contributed by atoms with E-state index in [1.807, 2.05) is 109 Å². The van der Waals surface area contributed by atoms with Gasteiger partial charge in [0.15, 0.2) is 0 Å². The van der Waals surface area contributed by atoms with E-state index in [9.17, 15) is 4.79 Å². The van der Waals surface area contributed by atoms with Crippen LogP contribution >= 0.6 is 0 Å². The van der Waals surface area contributed by atoms with Gasteiger partial charge in [-0.2, -0.15) is 0 Å². The van der Waals surface area contributed by atoms with Gasteiger partial charge in [-0.25, -0.2) is 0 Å². The molecule has 0 atom stereocenters. The number of methoxy groups -OCH3 is 1. The van der Waals surface area contributed by atoms with Gasteiger partial charge in [0.25, 0.3) is 0 Å². The molecule has 0 bridgehead atoms. The Morgan fingerprint density at radius 2 is 1.06 bits per heavy atom. The number of carbonyl (C=O) groups is 1. The molecule has 0 aromatic heterocycles. The first-order chi connectivity index (χ1) is 17.7. The van der Waals surface area contributed by atoms with E-state index >= 15 is 0 Å². The van der Waals surface area contributed by atoms with Crippen molar-refractivity contribution in [3.05, 3.63) is 131 Å². The molecule has 5 heteroatoms. The van der Waals surface area contributed by atoms with E-state index in [1.54, 1.807) is 0 Å². The largest absolute Gasteiger partial charge is 0.489 e. The summed E-state index contributed by atoms with van der Waals surface area (Å²) in [5.74, 6) is 1.41. The van der Waals surface area contributed by atoms with Gasteiger partial charge in [-0.3, -0.25) is 4.79 Å². The molecular weight excluding hydrogens is 452 g/mol. The molecule has 0 aliphatic carbocycles. The standard InChI is InChI=1S/C16H16O3.C15H16O2/c1-18-16(17)11-13-7-9-15(10-8-13)19-12-14-5-3-2-4-6-14;16-11-10-13-6-8-15(9-7-13)17-12-14-4-2-1-3-5-14/h2-10H,11-12H2,1H3;1-9,16H,10-12H2. The van der Waals surface area contributed by atoms with Crippen LogP contribution in [0.4, 0.5) is 0 Å². The van der Waals surface area contributed by atoms with Crippen LogP contribution < -0.4 is 9.47 Å². The van der Waals surface area contributed by atoms with Crippen molar-refractivity contribution in [2.24, 2.45) is 0 Å². The predicted octanol–water partition coefficient (Wildman–Crippen LogP) is 5.78. The van der Waals surface area contributed by atoms with Crippen LogP contribution in [0, 0.1) is 0 Å². The summed E-state index contributed by atoms with van der Waals surface area (Å²) >= 11 is 0. The van der Waals surface area contributed by atoms with E-state index < -0.39 is 0 Å². The van der Waals surface area contributed by atoms with Crippen molar-refractivity contribution in [1.29, 1.82) is 0 Å². The van der Waals surface area contributed by atoms with Crippen molar-refractivity contribution in [2.75, 3.05) is 13.7 Å². The Kier molecular flexibility index (Phi) is 11.1. The van der Waals surface area contributed by atoms with Gasteiger partial charge in [0.2, 0.25) is 0 Å². The van der Waals surface area contributed by atoms with Gasteiger partial charge in [0.1, 0.15) is 24.7 Å². The maximum atomic E-state index is 11.1. The van der Waals surface area contributed by atoms with Gasteiger partial charge >= 0.3 is 5.97 Å². The number of aliphatic hydroxyl groups is 1. The molecule has 0 heterocycles. The highest BCUT2D eigenvalue weighted by Crippen LogP contribution is 2.15. The SMILES string of the molecule is COC(=O)Cc1ccc(OCc2ccccc2)cc1.OCCc1ccc(OCc2ccccc2)cc1. The van der Waals surface area contributed by atoms with Gasteiger partial charge in [0.05, 0.1) is 13.5 Å². The van der Waals surface area contributed by atoms with Crippen molar-refractivity contribution in [2.45, 2.75) is 26.1 Å². The molecular formula is C31H32O5. The molecule has 0 saturated heterocycles. The van der Waals surface area contributed by atoms with Gasteiger partial charge < -0.3 is 19.3 Å². The molecule has 0 unspecified atom stereocenters. The molecule has 0 radical (unpaired) electrons. The van der Waals surface area contributed by atoms with Crippen molar-refractivity contribution in [3.63, 3.8) is 0 Å². The summed E-state index contributed by atoms with van der Waals surface area (Å²) < 4.78 is 15.9. The van der Waals surface area contributed by atoms with Crippen LogP contribution in [0.5, 0.6) is 11.5 Å². The third-order valence-electron chi connectivity index (χ3n) is 5.32. The summed E-state index contributed by atoms with van der Waals surface area (Å²) in [7, 11) is 1.39. The number of aliphatic hydroxyl groups excluding tert-OH is 1. The van der Waals surface area contributed by atoms with Crippen LogP contribution in [0.1, 0.15) is 22.3 Å². The van der Waals surface area contributed by atoms with Crippen molar-refractivity contribution >= 4 is 5.97 Å². The van der Waals surface area contributed by atoms with Crippen LogP contribution in [0.25, 0.3) is 0 Å². The molecule has 5 nitrogen and oxygen atoms in total. The second-order valence-electron chi connectivity index (χ2n) is 8.06. The smallest absolute Gasteiger partial charge is 0.309 e. The fourth-order valence-corrected chi connectivity index (χ4v) is 3.31. The molecule has 4 aromatic rings. The third kappa shape index (κ3) is 9.65. The Morgan fingerprint density at radius 1 is 0.611 bits per heavy atom. The Hall–Kier alpha value is -4.09. The quantitative estimate of drug-likeness (QED) is 0.289. The van der Waals surface area contributed by atoms with Gasteiger partial charge in [-0.1, -0.05) is 84.9 Å². The molecule has 1 N–H and O–H groups in total. The average molecular weight is 485 g/mol. The Balaban J connectivity index is 0.000000202. The summed E-state index contributed by atoms with van der Waals surface area (Å²) in [4.78, 5) is 11.1. The first-order valence-electron chi connectivity index (χ1n) is 11.9. The van der Waals surface area contributed by atoms with E-state index in [4.69, 9.17) is 14.6 Å². The van der Waals surface area contributed by atoms with Gasteiger partial charge in [-0.05, 0) is 52.9 Å².